The number of fused-ring (bicyclic) bond motifs is 1. The Morgan fingerprint density at radius 1 is 1.22 bits per heavy atom. The van der Waals surface area contributed by atoms with Gasteiger partial charge in [-0.2, -0.15) is 0 Å². The molecule has 0 spiro atoms. The molecule has 5 heteroatoms. The Balaban J connectivity index is 1.79. The van der Waals surface area contributed by atoms with Crippen molar-refractivity contribution in [2.75, 3.05) is 16.8 Å². The number of hydrogen-bond acceptors (Lipinski definition) is 2. The average Bonchev–Trinajstić information content (AvgIpc) is 2.56. The van der Waals surface area contributed by atoms with Crippen LogP contribution in [-0.4, -0.2) is 12.5 Å². The number of amides is 1. The molecule has 0 radical (unpaired) electrons. The Morgan fingerprint density at radius 2 is 1.96 bits per heavy atom. The van der Waals surface area contributed by atoms with Gasteiger partial charge in [0.2, 0.25) is 5.91 Å². The van der Waals surface area contributed by atoms with Crippen LogP contribution >= 0.6 is 11.6 Å². The molecule has 1 aliphatic rings. The number of nitrogens with zero attached hydrogens (tertiary/aromatic N) is 1. The highest BCUT2D eigenvalue weighted by Crippen LogP contribution is 2.34. The van der Waals surface area contributed by atoms with Gasteiger partial charge >= 0.3 is 0 Å². The number of halogens is 2. The molecule has 0 saturated heterocycles. The van der Waals surface area contributed by atoms with E-state index in [-0.39, 0.29) is 17.1 Å². The number of hydrogen-bond donors (Lipinski definition) is 1. The summed E-state index contributed by atoms with van der Waals surface area (Å²) in [6, 6.07) is 8.93. The molecule has 0 unspecified atom stereocenters. The highest BCUT2D eigenvalue weighted by atomic mass is 35.5. The van der Waals surface area contributed by atoms with E-state index in [1.165, 1.54) is 6.07 Å². The smallest absolute Gasteiger partial charge is 0.224 e. The number of rotatable bonds is 3. The second-order valence-corrected chi connectivity index (χ2v) is 8.90. The minimum absolute atomic E-state index is 0.0332. The third-order valence-corrected chi connectivity index (χ3v) is 5.07. The van der Waals surface area contributed by atoms with Gasteiger partial charge < -0.3 is 10.2 Å². The van der Waals surface area contributed by atoms with Gasteiger partial charge in [-0.25, -0.2) is 4.39 Å². The van der Waals surface area contributed by atoms with Gasteiger partial charge in [-0.15, -0.1) is 0 Å². The highest BCUT2D eigenvalue weighted by molar-refractivity contribution is 6.34. The Kier molecular flexibility index (Phi) is 5.48. The molecule has 3 nitrogen and oxygen atoms in total. The van der Waals surface area contributed by atoms with Crippen molar-refractivity contribution in [1.29, 1.82) is 0 Å². The quantitative estimate of drug-likeness (QED) is 0.728. The molecule has 1 aliphatic heterocycles. The van der Waals surface area contributed by atoms with Crippen LogP contribution in [-0.2, 0) is 17.8 Å². The molecule has 0 bridgehead atoms. The first-order valence-corrected chi connectivity index (χ1v) is 9.62. The van der Waals surface area contributed by atoms with E-state index in [4.69, 9.17) is 11.6 Å². The second-order valence-electron chi connectivity index (χ2n) is 8.49. The van der Waals surface area contributed by atoms with Gasteiger partial charge in [0, 0.05) is 25.2 Å². The van der Waals surface area contributed by atoms with Gasteiger partial charge in [0.25, 0.3) is 0 Å². The maximum absolute atomic E-state index is 13.4. The first-order chi connectivity index (χ1) is 12.6. The Labute approximate surface area is 165 Å². The number of carbonyl (C=O) groups is 1. The molecule has 144 valence electrons. The zero-order chi connectivity index (χ0) is 19.8. The lowest BCUT2D eigenvalue weighted by molar-refractivity contribution is -0.117. The minimum atomic E-state index is -0.184. The summed E-state index contributed by atoms with van der Waals surface area (Å²) in [5, 5.41) is 3.50. The zero-order valence-corrected chi connectivity index (χ0v) is 17.1. The second kappa shape index (κ2) is 7.51. The summed E-state index contributed by atoms with van der Waals surface area (Å²) in [4.78, 5) is 14.5. The average molecular weight is 389 g/mol. The number of carbonyl (C=O) groups excluding carboxylic acids is 1. The van der Waals surface area contributed by atoms with Crippen LogP contribution in [0.2, 0.25) is 5.02 Å². The highest BCUT2D eigenvalue weighted by Gasteiger charge is 2.21. The Hall–Kier alpha value is -2.07. The fourth-order valence-electron chi connectivity index (χ4n) is 3.47. The fourth-order valence-corrected chi connectivity index (χ4v) is 3.78. The van der Waals surface area contributed by atoms with Crippen molar-refractivity contribution in [3.05, 3.63) is 57.9 Å². The molecule has 0 aliphatic carbocycles. The van der Waals surface area contributed by atoms with E-state index in [9.17, 15) is 9.18 Å². The summed E-state index contributed by atoms with van der Waals surface area (Å²) in [5.74, 6) is -0.217. The standard InChI is InChI=1S/C22H26ClFN2O/c1-14-9-18(11-19(23)21(14)25-20(27)12-22(2,3)4)26-8-7-15-10-17(24)6-5-16(15)13-26/h5-6,9-11H,7-8,12-13H2,1-4H3,(H,25,27). The summed E-state index contributed by atoms with van der Waals surface area (Å²) < 4.78 is 13.4. The maximum atomic E-state index is 13.4. The first-order valence-electron chi connectivity index (χ1n) is 9.25. The van der Waals surface area contributed by atoms with Gasteiger partial charge in [-0.3, -0.25) is 4.79 Å². The van der Waals surface area contributed by atoms with Crippen molar-refractivity contribution in [3.8, 4) is 0 Å². The van der Waals surface area contributed by atoms with Crippen LogP contribution in [0.15, 0.2) is 30.3 Å². The predicted molar refractivity (Wildman–Crippen MR) is 110 cm³/mol. The maximum Gasteiger partial charge on any atom is 0.224 e. The topological polar surface area (TPSA) is 32.3 Å². The van der Waals surface area contributed by atoms with Crippen LogP contribution in [0.1, 0.15) is 43.9 Å². The molecule has 3 rings (SSSR count). The number of benzene rings is 2. The van der Waals surface area contributed by atoms with Crippen molar-refractivity contribution in [2.45, 2.75) is 47.1 Å². The fraction of sp³-hybridized carbons (Fsp3) is 0.409. The number of anilines is 2. The number of nitrogens with one attached hydrogen (secondary N) is 1. The van der Waals surface area contributed by atoms with Crippen molar-refractivity contribution < 1.29 is 9.18 Å². The Bertz CT molecular complexity index is 850. The van der Waals surface area contributed by atoms with E-state index < -0.39 is 0 Å². The summed E-state index contributed by atoms with van der Waals surface area (Å²) in [6.07, 6.45) is 1.23. The third kappa shape index (κ3) is 4.81. The lowest BCUT2D eigenvalue weighted by atomic mass is 9.92. The van der Waals surface area contributed by atoms with Crippen LogP contribution in [0.25, 0.3) is 0 Å². The van der Waals surface area contributed by atoms with Crippen molar-refractivity contribution in [1.82, 2.24) is 0 Å². The summed E-state index contributed by atoms with van der Waals surface area (Å²) >= 11 is 6.50. The van der Waals surface area contributed by atoms with Crippen molar-refractivity contribution >= 4 is 28.9 Å². The van der Waals surface area contributed by atoms with Gasteiger partial charge in [0.05, 0.1) is 10.7 Å². The monoisotopic (exact) mass is 388 g/mol. The van der Waals surface area contributed by atoms with Gasteiger partial charge in [0.15, 0.2) is 0 Å². The summed E-state index contributed by atoms with van der Waals surface area (Å²) in [7, 11) is 0. The summed E-state index contributed by atoms with van der Waals surface area (Å²) in [6.45, 7) is 9.58. The lowest BCUT2D eigenvalue weighted by Gasteiger charge is -2.31. The molecule has 1 N–H and O–H groups in total. The molecular formula is C22H26ClFN2O. The van der Waals surface area contributed by atoms with E-state index in [0.29, 0.717) is 17.1 Å². The van der Waals surface area contributed by atoms with Crippen molar-refractivity contribution in [3.63, 3.8) is 0 Å². The molecule has 0 atom stereocenters. The molecular weight excluding hydrogens is 363 g/mol. The van der Waals surface area contributed by atoms with E-state index in [1.54, 1.807) is 6.07 Å². The molecule has 2 aromatic carbocycles. The first kappa shape index (κ1) is 19.7. The van der Waals surface area contributed by atoms with Crippen LogP contribution in [0.5, 0.6) is 0 Å². The molecule has 0 fully saturated rings. The van der Waals surface area contributed by atoms with Crippen molar-refractivity contribution in [2.24, 2.45) is 5.41 Å². The largest absolute Gasteiger partial charge is 0.367 e. The molecule has 1 heterocycles. The SMILES string of the molecule is Cc1cc(N2CCc3cc(F)ccc3C2)cc(Cl)c1NC(=O)CC(C)(C)C. The molecule has 0 aromatic heterocycles. The molecule has 2 aromatic rings. The normalized spacial score (nSPS) is 14.1. The van der Waals surface area contributed by atoms with E-state index >= 15 is 0 Å². The minimum Gasteiger partial charge on any atom is -0.367 e. The van der Waals surface area contributed by atoms with Gasteiger partial charge in [-0.05, 0) is 59.7 Å². The zero-order valence-electron chi connectivity index (χ0n) is 16.3. The lowest BCUT2D eigenvalue weighted by Crippen LogP contribution is -2.30. The molecule has 27 heavy (non-hydrogen) atoms. The molecule has 0 saturated carbocycles. The van der Waals surface area contributed by atoms with E-state index in [2.05, 4.69) is 10.2 Å². The van der Waals surface area contributed by atoms with Crippen LogP contribution in [0.4, 0.5) is 15.8 Å². The van der Waals surface area contributed by atoms with E-state index in [1.807, 2.05) is 45.9 Å². The predicted octanol–water partition coefficient (Wildman–Crippen LogP) is 5.72. The van der Waals surface area contributed by atoms with Crippen LogP contribution in [0, 0.1) is 18.2 Å². The summed E-state index contributed by atoms with van der Waals surface area (Å²) in [5.41, 5.74) is 4.75. The molecule has 1 amide bonds. The third-order valence-electron chi connectivity index (χ3n) is 4.77. The van der Waals surface area contributed by atoms with E-state index in [0.717, 1.165) is 41.9 Å². The van der Waals surface area contributed by atoms with Crippen LogP contribution < -0.4 is 10.2 Å². The van der Waals surface area contributed by atoms with Gasteiger partial charge in [-0.1, -0.05) is 38.4 Å². The Morgan fingerprint density at radius 3 is 2.63 bits per heavy atom. The number of aryl methyl sites for hydroxylation is 1. The van der Waals surface area contributed by atoms with Gasteiger partial charge in [0.1, 0.15) is 5.82 Å². The van der Waals surface area contributed by atoms with Crippen LogP contribution in [0.3, 0.4) is 0 Å².